The number of hydrogen-bond donors (Lipinski definition) is 1. The molecule has 3 rings (SSSR count). The Morgan fingerprint density at radius 1 is 1.24 bits per heavy atom. The van der Waals surface area contributed by atoms with Crippen LogP contribution in [0.5, 0.6) is 5.75 Å². The molecule has 0 saturated carbocycles. The second kappa shape index (κ2) is 7.35. The van der Waals surface area contributed by atoms with E-state index in [1.54, 1.807) is 24.3 Å². The molecular formula is C18H24N2O3S2. The van der Waals surface area contributed by atoms with Crippen molar-refractivity contribution in [3.8, 4) is 5.75 Å². The molecule has 5 nitrogen and oxygen atoms in total. The van der Waals surface area contributed by atoms with Gasteiger partial charge in [0.1, 0.15) is 12.4 Å². The van der Waals surface area contributed by atoms with Gasteiger partial charge in [0.15, 0.2) is 0 Å². The van der Waals surface area contributed by atoms with Crippen LogP contribution >= 0.6 is 11.3 Å². The third-order valence-electron chi connectivity index (χ3n) is 4.55. The molecule has 0 aliphatic carbocycles. The number of anilines is 1. The molecular weight excluding hydrogens is 356 g/mol. The number of fused-ring (bicyclic) bond motifs is 1. The fraction of sp³-hybridized carbons (Fsp3) is 0.444. The molecule has 0 amide bonds. The maximum Gasteiger partial charge on any atom is 0.229 e. The lowest BCUT2D eigenvalue weighted by atomic mass is 9.96. The summed E-state index contributed by atoms with van der Waals surface area (Å²) in [4.78, 5) is 3.99. The smallest absolute Gasteiger partial charge is 0.229 e. The third-order valence-corrected chi connectivity index (χ3v) is 6.12. The molecule has 7 heteroatoms. The first-order valence-corrected chi connectivity index (χ1v) is 11.1. The van der Waals surface area contributed by atoms with Crippen molar-refractivity contribution in [2.75, 3.05) is 24.1 Å². The van der Waals surface area contributed by atoms with Crippen LogP contribution in [0.3, 0.4) is 0 Å². The first-order valence-electron chi connectivity index (χ1n) is 8.36. The minimum Gasteiger partial charge on any atom is -0.492 e. The van der Waals surface area contributed by atoms with E-state index in [0.29, 0.717) is 24.4 Å². The monoisotopic (exact) mass is 380 g/mol. The van der Waals surface area contributed by atoms with Crippen molar-refractivity contribution in [3.63, 3.8) is 0 Å². The number of nitrogens with zero attached hydrogens (tertiary/aromatic N) is 1. The Morgan fingerprint density at radius 2 is 1.96 bits per heavy atom. The molecule has 2 unspecified atom stereocenters. The van der Waals surface area contributed by atoms with Crippen molar-refractivity contribution in [1.82, 2.24) is 4.90 Å². The van der Waals surface area contributed by atoms with Crippen molar-refractivity contribution in [1.29, 1.82) is 0 Å². The molecule has 1 aromatic carbocycles. The minimum absolute atomic E-state index is 0.412. The van der Waals surface area contributed by atoms with Gasteiger partial charge in [-0.2, -0.15) is 0 Å². The molecule has 1 N–H and O–H groups in total. The average molecular weight is 381 g/mol. The predicted molar refractivity (Wildman–Crippen MR) is 103 cm³/mol. The van der Waals surface area contributed by atoms with Gasteiger partial charge in [0, 0.05) is 29.2 Å². The number of benzene rings is 1. The van der Waals surface area contributed by atoms with Gasteiger partial charge in [0.2, 0.25) is 10.0 Å². The highest BCUT2D eigenvalue weighted by Crippen LogP contribution is 2.35. The Hall–Kier alpha value is -1.57. The van der Waals surface area contributed by atoms with Gasteiger partial charge in [-0.1, -0.05) is 0 Å². The van der Waals surface area contributed by atoms with Crippen LogP contribution in [-0.4, -0.2) is 38.8 Å². The van der Waals surface area contributed by atoms with E-state index in [1.165, 1.54) is 10.4 Å². The maximum absolute atomic E-state index is 11.2. The molecule has 0 spiro atoms. The van der Waals surface area contributed by atoms with Crippen molar-refractivity contribution in [2.24, 2.45) is 0 Å². The molecule has 0 fully saturated rings. The van der Waals surface area contributed by atoms with Crippen molar-refractivity contribution < 1.29 is 13.2 Å². The lowest BCUT2D eigenvalue weighted by Crippen LogP contribution is -2.42. The second-order valence-corrected chi connectivity index (χ2v) is 9.26. The molecule has 136 valence electrons. The zero-order chi connectivity index (χ0) is 18.0. The SMILES string of the molecule is CC1Cc2sccc2C(C)N1CCOc1ccc(NS(C)(=O)=O)cc1. The molecule has 2 atom stereocenters. The largest absolute Gasteiger partial charge is 0.492 e. The third kappa shape index (κ3) is 4.54. The average Bonchev–Trinajstić information content (AvgIpc) is 2.99. The number of sulfonamides is 1. The zero-order valence-electron chi connectivity index (χ0n) is 14.7. The van der Waals surface area contributed by atoms with Gasteiger partial charge < -0.3 is 4.74 Å². The Labute approximate surface area is 153 Å². The first-order chi connectivity index (χ1) is 11.8. The lowest BCUT2D eigenvalue weighted by Gasteiger charge is -2.38. The summed E-state index contributed by atoms with van der Waals surface area (Å²) in [6.07, 6.45) is 2.24. The second-order valence-electron chi connectivity index (χ2n) is 6.51. The quantitative estimate of drug-likeness (QED) is 0.833. The highest BCUT2D eigenvalue weighted by molar-refractivity contribution is 7.92. The standard InChI is InChI=1S/C18H24N2O3S2/c1-13-12-18-17(8-11-24-18)14(2)20(13)9-10-23-16-6-4-15(5-7-16)19-25(3,21)22/h4-8,11,13-14,19H,9-10,12H2,1-3H3. The summed E-state index contributed by atoms with van der Waals surface area (Å²) in [5.74, 6) is 0.743. The van der Waals surface area contributed by atoms with E-state index < -0.39 is 10.0 Å². The maximum atomic E-state index is 11.2. The van der Waals surface area contributed by atoms with Gasteiger partial charge >= 0.3 is 0 Å². The minimum atomic E-state index is -3.25. The molecule has 0 saturated heterocycles. The molecule has 1 aliphatic rings. The summed E-state index contributed by atoms with van der Waals surface area (Å²) in [5, 5.41) is 2.18. The summed E-state index contributed by atoms with van der Waals surface area (Å²) < 4.78 is 30.7. The molecule has 0 radical (unpaired) electrons. The van der Waals surface area contributed by atoms with Crippen LogP contribution in [0.2, 0.25) is 0 Å². The predicted octanol–water partition coefficient (Wildman–Crippen LogP) is 3.51. The molecule has 0 bridgehead atoms. The van der Waals surface area contributed by atoms with Crippen LogP contribution in [0.4, 0.5) is 5.69 Å². The molecule has 2 heterocycles. The molecule has 25 heavy (non-hydrogen) atoms. The summed E-state index contributed by atoms with van der Waals surface area (Å²) in [6.45, 7) is 5.99. The fourth-order valence-corrected chi connectivity index (χ4v) is 5.01. The van der Waals surface area contributed by atoms with Crippen LogP contribution in [0.1, 0.15) is 30.3 Å². The Bertz CT molecular complexity index is 815. The summed E-state index contributed by atoms with van der Waals surface area (Å²) in [7, 11) is -3.25. The van der Waals surface area contributed by atoms with Crippen LogP contribution in [0.25, 0.3) is 0 Å². The highest BCUT2D eigenvalue weighted by Gasteiger charge is 2.29. The normalized spacial score (nSPS) is 20.9. The summed E-state index contributed by atoms with van der Waals surface area (Å²) >= 11 is 1.85. The van der Waals surface area contributed by atoms with Crippen molar-refractivity contribution >= 4 is 27.0 Å². The Morgan fingerprint density at radius 3 is 2.64 bits per heavy atom. The van der Waals surface area contributed by atoms with E-state index >= 15 is 0 Å². The number of nitrogens with one attached hydrogen (secondary N) is 1. The number of hydrogen-bond acceptors (Lipinski definition) is 5. The number of ether oxygens (including phenoxy) is 1. The first kappa shape index (κ1) is 18.2. The lowest BCUT2D eigenvalue weighted by molar-refractivity contribution is 0.114. The van der Waals surface area contributed by atoms with Gasteiger partial charge in [-0.05, 0) is 61.5 Å². The van der Waals surface area contributed by atoms with Gasteiger partial charge in [0.05, 0.1) is 6.26 Å². The van der Waals surface area contributed by atoms with Crippen LogP contribution in [0, 0.1) is 0 Å². The van der Waals surface area contributed by atoms with Gasteiger partial charge in [-0.25, -0.2) is 8.42 Å². The summed E-state index contributed by atoms with van der Waals surface area (Å²) in [5.41, 5.74) is 1.98. The molecule has 2 aromatic rings. The Balaban J connectivity index is 1.54. The van der Waals surface area contributed by atoms with E-state index in [0.717, 1.165) is 25.0 Å². The number of rotatable bonds is 6. The Kier molecular flexibility index (Phi) is 5.36. The van der Waals surface area contributed by atoms with Crippen LogP contribution in [-0.2, 0) is 16.4 Å². The van der Waals surface area contributed by atoms with Crippen molar-refractivity contribution in [3.05, 3.63) is 46.2 Å². The molecule has 1 aromatic heterocycles. The van der Waals surface area contributed by atoms with E-state index in [4.69, 9.17) is 4.74 Å². The van der Waals surface area contributed by atoms with Crippen LogP contribution < -0.4 is 9.46 Å². The van der Waals surface area contributed by atoms with E-state index in [9.17, 15) is 8.42 Å². The van der Waals surface area contributed by atoms with E-state index in [1.807, 2.05) is 11.3 Å². The zero-order valence-corrected chi connectivity index (χ0v) is 16.4. The van der Waals surface area contributed by atoms with E-state index in [-0.39, 0.29) is 0 Å². The van der Waals surface area contributed by atoms with Gasteiger partial charge in [-0.15, -0.1) is 11.3 Å². The fourth-order valence-electron chi connectivity index (χ4n) is 3.35. The highest BCUT2D eigenvalue weighted by atomic mass is 32.2. The molecule has 1 aliphatic heterocycles. The topological polar surface area (TPSA) is 58.6 Å². The van der Waals surface area contributed by atoms with Gasteiger partial charge in [0.25, 0.3) is 0 Å². The van der Waals surface area contributed by atoms with Crippen LogP contribution in [0.15, 0.2) is 35.7 Å². The van der Waals surface area contributed by atoms with Gasteiger partial charge in [-0.3, -0.25) is 9.62 Å². The summed E-state index contributed by atoms with van der Waals surface area (Å²) in [6, 6.07) is 10.1. The van der Waals surface area contributed by atoms with Crippen molar-refractivity contribution in [2.45, 2.75) is 32.4 Å². The van der Waals surface area contributed by atoms with E-state index in [2.05, 4.69) is 34.9 Å². The number of thiophene rings is 1.